The number of benzene rings is 1. The summed E-state index contributed by atoms with van der Waals surface area (Å²) >= 11 is 5.84. The number of hydrogen-bond acceptors (Lipinski definition) is 3. The molecule has 1 aromatic rings. The summed E-state index contributed by atoms with van der Waals surface area (Å²) in [6.45, 7) is 4.49. The second-order valence-electron chi connectivity index (χ2n) is 6.91. The van der Waals surface area contributed by atoms with E-state index in [9.17, 15) is 9.59 Å². The van der Waals surface area contributed by atoms with Gasteiger partial charge in [0.1, 0.15) is 6.04 Å². The third-order valence-corrected chi connectivity index (χ3v) is 4.43. The highest BCUT2D eigenvalue weighted by atomic mass is 35.5. The molecule has 1 aliphatic rings. The molecule has 0 aromatic heterocycles. The van der Waals surface area contributed by atoms with Crippen molar-refractivity contribution in [2.24, 2.45) is 17.6 Å². The maximum absolute atomic E-state index is 12.4. The van der Waals surface area contributed by atoms with Gasteiger partial charge in [0.05, 0.1) is 0 Å². The van der Waals surface area contributed by atoms with Gasteiger partial charge in [-0.25, -0.2) is 0 Å². The normalized spacial score (nSPS) is 15.9. The first-order valence-corrected chi connectivity index (χ1v) is 8.84. The van der Waals surface area contributed by atoms with Gasteiger partial charge in [0, 0.05) is 23.2 Å². The highest BCUT2D eigenvalue weighted by Gasteiger charge is 2.29. The average Bonchev–Trinajstić information content (AvgIpc) is 3.36. The predicted octanol–water partition coefficient (Wildman–Crippen LogP) is 2.76. The molecule has 2 atom stereocenters. The number of hydrogen-bond donors (Lipinski definition) is 3. The second kappa shape index (κ2) is 10.00. The number of halogens is 2. The van der Waals surface area contributed by atoms with Crippen LogP contribution >= 0.6 is 24.0 Å². The molecule has 1 fully saturated rings. The monoisotopic (exact) mass is 387 g/mol. The Morgan fingerprint density at radius 3 is 2.36 bits per heavy atom. The van der Waals surface area contributed by atoms with E-state index in [-0.39, 0.29) is 36.2 Å². The van der Waals surface area contributed by atoms with Crippen molar-refractivity contribution in [3.8, 4) is 0 Å². The molecule has 7 heteroatoms. The van der Waals surface area contributed by atoms with Gasteiger partial charge in [-0.05, 0) is 55.4 Å². The molecule has 5 nitrogen and oxygen atoms in total. The van der Waals surface area contributed by atoms with Crippen molar-refractivity contribution in [1.82, 2.24) is 10.6 Å². The van der Waals surface area contributed by atoms with Crippen LogP contribution in [0.5, 0.6) is 0 Å². The minimum atomic E-state index is -0.570. The molecule has 0 heterocycles. The van der Waals surface area contributed by atoms with Gasteiger partial charge in [-0.15, -0.1) is 12.4 Å². The zero-order valence-electron chi connectivity index (χ0n) is 14.6. The van der Waals surface area contributed by atoms with Crippen LogP contribution in [0, 0.1) is 11.8 Å². The summed E-state index contributed by atoms with van der Waals surface area (Å²) in [7, 11) is 0. The summed E-state index contributed by atoms with van der Waals surface area (Å²) in [6.07, 6.45) is 2.85. The molecular weight excluding hydrogens is 361 g/mol. The van der Waals surface area contributed by atoms with Gasteiger partial charge in [-0.2, -0.15) is 0 Å². The molecule has 25 heavy (non-hydrogen) atoms. The SMILES string of the molecule is CC(C)CC(NC(=O)c1ccc(Cl)cc1)C(=O)NCC(N)C1CC1.Cl. The Labute approximate surface area is 160 Å². The van der Waals surface area contributed by atoms with Crippen LogP contribution in [0.15, 0.2) is 24.3 Å². The number of nitrogens with one attached hydrogen (secondary N) is 2. The molecule has 0 aliphatic heterocycles. The molecule has 1 saturated carbocycles. The summed E-state index contributed by atoms with van der Waals surface area (Å²) in [4.78, 5) is 24.8. The molecule has 140 valence electrons. The fourth-order valence-corrected chi connectivity index (χ4v) is 2.70. The first kappa shape index (κ1) is 21.7. The highest BCUT2D eigenvalue weighted by molar-refractivity contribution is 6.30. The molecule has 1 aliphatic carbocycles. The summed E-state index contributed by atoms with van der Waals surface area (Å²) < 4.78 is 0. The number of carbonyl (C=O) groups excluding carboxylic acids is 2. The summed E-state index contributed by atoms with van der Waals surface area (Å²) in [5, 5.41) is 6.26. The van der Waals surface area contributed by atoms with Crippen molar-refractivity contribution in [3.05, 3.63) is 34.9 Å². The van der Waals surface area contributed by atoms with Crippen LogP contribution in [0.1, 0.15) is 43.5 Å². The fraction of sp³-hybridized carbons (Fsp3) is 0.556. The number of rotatable bonds is 8. The van der Waals surface area contributed by atoms with Crippen LogP contribution in [-0.4, -0.2) is 30.4 Å². The van der Waals surface area contributed by atoms with Crippen LogP contribution in [0.2, 0.25) is 5.02 Å². The zero-order valence-corrected chi connectivity index (χ0v) is 16.2. The molecule has 4 N–H and O–H groups in total. The van der Waals surface area contributed by atoms with Crippen LogP contribution in [0.25, 0.3) is 0 Å². The van der Waals surface area contributed by atoms with Crippen molar-refractivity contribution in [2.45, 2.75) is 45.2 Å². The van der Waals surface area contributed by atoms with Crippen molar-refractivity contribution in [1.29, 1.82) is 0 Å². The molecule has 2 amide bonds. The van der Waals surface area contributed by atoms with E-state index in [0.717, 1.165) is 12.8 Å². The molecule has 0 bridgehead atoms. The molecular formula is C18H27Cl2N3O2. The molecule has 2 unspecified atom stereocenters. The topological polar surface area (TPSA) is 84.2 Å². The Hall–Kier alpha value is -1.30. The van der Waals surface area contributed by atoms with Gasteiger partial charge in [0.15, 0.2) is 0 Å². The lowest BCUT2D eigenvalue weighted by molar-refractivity contribution is -0.123. The highest BCUT2D eigenvalue weighted by Crippen LogP contribution is 2.31. The number of nitrogens with two attached hydrogens (primary N) is 1. The van der Waals surface area contributed by atoms with Crippen LogP contribution in [-0.2, 0) is 4.79 Å². The maximum Gasteiger partial charge on any atom is 0.251 e. The third-order valence-electron chi connectivity index (χ3n) is 4.17. The zero-order chi connectivity index (χ0) is 17.7. The van der Waals surface area contributed by atoms with E-state index in [1.165, 1.54) is 0 Å². The molecule has 0 radical (unpaired) electrons. The molecule has 2 rings (SSSR count). The van der Waals surface area contributed by atoms with Gasteiger partial charge < -0.3 is 16.4 Å². The van der Waals surface area contributed by atoms with Gasteiger partial charge in [-0.3, -0.25) is 9.59 Å². The van der Waals surface area contributed by atoms with Crippen molar-refractivity contribution >= 4 is 35.8 Å². The van der Waals surface area contributed by atoms with Crippen molar-refractivity contribution < 1.29 is 9.59 Å². The van der Waals surface area contributed by atoms with Gasteiger partial charge in [0.2, 0.25) is 5.91 Å². The standard InChI is InChI=1S/C18H26ClN3O2.ClH/c1-11(2)9-16(18(24)21-10-15(20)12-3-4-12)22-17(23)13-5-7-14(19)8-6-13;/h5-8,11-12,15-16H,3-4,9-10,20H2,1-2H3,(H,21,24)(H,22,23);1H. The van der Waals surface area contributed by atoms with Crippen molar-refractivity contribution in [2.75, 3.05) is 6.54 Å². The smallest absolute Gasteiger partial charge is 0.251 e. The van der Waals surface area contributed by atoms with E-state index in [2.05, 4.69) is 10.6 Å². The first-order chi connectivity index (χ1) is 11.4. The van der Waals surface area contributed by atoms with E-state index >= 15 is 0 Å². The molecule has 0 spiro atoms. The van der Waals surface area contributed by atoms with Gasteiger partial charge in [-0.1, -0.05) is 25.4 Å². The quantitative estimate of drug-likeness (QED) is 0.640. The lowest BCUT2D eigenvalue weighted by Gasteiger charge is -2.21. The first-order valence-electron chi connectivity index (χ1n) is 8.46. The number of carbonyl (C=O) groups is 2. The van der Waals surface area contributed by atoms with Gasteiger partial charge >= 0.3 is 0 Å². The van der Waals surface area contributed by atoms with Crippen molar-refractivity contribution in [3.63, 3.8) is 0 Å². The Bertz CT molecular complexity index is 574. The fourth-order valence-electron chi connectivity index (χ4n) is 2.58. The third kappa shape index (κ3) is 7.22. The van der Waals surface area contributed by atoms with Crippen LogP contribution < -0.4 is 16.4 Å². The number of amides is 2. The van der Waals surface area contributed by atoms with Gasteiger partial charge in [0.25, 0.3) is 5.91 Å². The largest absolute Gasteiger partial charge is 0.353 e. The predicted molar refractivity (Wildman–Crippen MR) is 103 cm³/mol. The van der Waals surface area contributed by atoms with E-state index < -0.39 is 6.04 Å². The van der Waals surface area contributed by atoms with E-state index in [1.54, 1.807) is 24.3 Å². The maximum atomic E-state index is 12.4. The minimum absolute atomic E-state index is 0. The van der Waals surface area contributed by atoms with E-state index in [0.29, 0.717) is 29.5 Å². The summed E-state index contributed by atoms with van der Waals surface area (Å²) in [6, 6.07) is 6.03. The lowest BCUT2D eigenvalue weighted by atomic mass is 10.0. The Kier molecular flexibility index (Phi) is 8.69. The second-order valence-corrected chi connectivity index (χ2v) is 7.35. The summed E-state index contributed by atoms with van der Waals surface area (Å²) in [5.41, 5.74) is 6.50. The molecule has 0 saturated heterocycles. The Balaban J connectivity index is 0.00000312. The lowest BCUT2D eigenvalue weighted by Crippen LogP contribution is -2.50. The average molecular weight is 388 g/mol. The Morgan fingerprint density at radius 1 is 1.24 bits per heavy atom. The van der Waals surface area contributed by atoms with Crippen LogP contribution in [0.3, 0.4) is 0 Å². The minimum Gasteiger partial charge on any atom is -0.353 e. The molecule has 1 aromatic carbocycles. The Morgan fingerprint density at radius 2 is 1.84 bits per heavy atom. The van der Waals surface area contributed by atoms with E-state index in [1.807, 2.05) is 13.8 Å². The van der Waals surface area contributed by atoms with E-state index in [4.69, 9.17) is 17.3 Å². The van der Waals surface area contributed by atoms with Crippen LogP contribution in [0.4, 0.5) is 0 Å². The summed E-state index contributed by atoms with van der Waals surface area (Å²) in [5.74, 6) is 0.349.